The van der Waals surface area contributed by atoms with E-state index in [1.807, 2.05) is 12.1 Å². The first-order chi connectivity index (χ1) is 13.4. The molecule has 0 bridgehead atoms. The lowest BCUT2D eigenvalue weighted by Crippen LogP contribution is -2.46. The molecule has 3 N–H and O–H groups in total. The molecule has 0 aromatic carbocycles. The second-order valence-corrected chi connectivity index (χ2v) is 8.09. The molecule has 7 heteroatoms. The quantitative estimate of drug-likeness (QED) is 0.526. The van der Waals surface area contributed by atoms with E-state index in [-0.39, 0.29) is 12.0 Å². The molecule has 2 unspecified atom stereocenters. The van der Waals surface area contributed by atoms with E-state index in [9.17, 15) is 4.79 Å². The van der Waals surface area contributed by atoms with Crippen LogP contribution in [-0.4, -0.2) is 48.0 Å². The standard InChI is InChI=1S/C21H35N5O2/c1-15(2)10-16(3)28-20-12-17(7-8-24-20)13-25-21(23-4)26-9-5-6-18(14-26)11-19(22)27/h7-8,12,15-16,18H,5-6,9-11,13-14H2,1-4H3,(H2,22,27)(H,23,25). The Labute approximate surface area is 168 Å². The van der Waals surface area contributed by atoms with Gasteiger partial charge < -0.3 is 20.7 Å². The lowest BCUT2D eigenvalue weighted by Gasteiger charge is -2.34. The SMILES string of the molecule is CN=C(NCc1ccnc(OC(C)CC(C)C)c1)N1CCCC(CC(N)=O)C1. The number of primary amides is 1. The Morgan fingerprint density at radius 2 is 2.25 bits per heavy atom. The maximum Gasteiger partial charge on any atom is 0.217 e. The summed E-state index contributed by atoms with van der Waals surface area (Å²) >= 11 is 0. The summed E-state index contributed by atoms with van der Waals surface area (Å²) in [6, 6.07) is 3.95. The van der Waals surface area contributed by atoms with Crippen molar-refractivity contribution in [1.82, 2.24) is 15.2 Å². The number of carbonyl (C=O) groups is 1. The van der Waals surface area contributed by atoms with E-state index in [4.69, 9.17) is 10.5 Å². The third-order valence-corrected chi connectivity index (χ3v) is 4.90. The summed E-state index contributed by atoms with van der Waals surface area (Å²) in [7, 11) is 1.79. The summed E-state index contributed by atoms with van der Waals surface area (Å²) in [5.74, 6) is 2.16. The molecule has 0 saturated carbocycles. The lowest BCUT2D eigenvalue weighted by molar-refractivity contribution is -0.119. The Morgan fingerprint density at radius 1 is 1.46 bits per heavy atom. The summed E-state index contributed by atoms with van der Waals surface area (Å²) in [6.45, 7) is 8.84. The van der Waals surface area contributed by atoms with Gasteiger partial charge in [-0.25, -0.2) is 4.98 Å². The summed E-state index contributed by atoms with van der Waals surface area (Å²) in [6.07, 6.45) is 5.43. The molecule has 2 heterocycles. The van der Waals surface area contributed by atoms with Crippen LogP contribution in [0.4, 0.5) is 0 Å². The minimum Gasteiger partial charge on any atom is -0.475 e. The number of hydrogen-bond acceptors (Lipinski definition) is 4. The number of hydrogen-bond donors (Lipinski definition) is 2. The van der Waals surface area contributed by atoms with E-state index in [1.165, 1.54) is 0 Å². The highest BCUT2D eigenvalue weighted by molar-refractivity contribution is 5.80. The smallest absolute Gasteiger partial charge is 0.217 e. The average molecular weight is 390 g/mol. The van der Waals surface area contributed by atoms with Crippen LogP contribution >= 0.6 is 0 Å². The minimum absolute atomic E-state index is 0.138. The van der Waals surface area contributed by atoms with Gasteiger partial charge >= 0.3 is 0 Å². The fourth-order valence-corrected chi connectivity index (χ4v) is 3.76. The monoisotopic (exact) mass is 389 g/mol. The Bertz CT molecular complexity index is 662. The Kier molecular flexibility index (Phi) is 8.54. The fourth-order valence-electron chi connectivity index (χ4n) is 3.76. The summed E-state index contributed by atoms with van der Waals surface area (Å²) in [4.78, 5) is 22.2. The van der Waals surface area contributed by atoms with Crippen LogP contribution in [0.15, 0.2) is 23.3 Å². The van der Waals surface area contributed by atoms with Crippen LogP contribution < -0.4 is 15.8 Å². The molecule has 1 aliphatic rings. The van der Waals surface area contributed by atoms with Gasteiger partial charge in [-0.1, -0.05) is 13.8 Å². The number of pyridine rings is 1. The van der Waals surface area contributed by atoms with Crippen molar-refractivity contribution >= 4 is 11.9 Å². The third-order valence-electron chi connectivity index (χ3n) is 4.90. The Hall–Kier alpha value is -2.31. The number of rotatable bonds is 8. The number of nitrogens with one attached hydrogen (secondary N) is 1. The lowest BCUT2D eigenvalue weighted by atomic mass is 9.95. The molecule has 1 aromatic heterocycles. The normalized spacial score (nSPS) is 18.8. The number of carbonyl (C=O) groups excluding carboxylic acids is 1. The molecule has 2 atom stereocenters. The zero-order valence-corrected chi connectivity index (χ0v) is 17.6. The van der Waals surface area contributed by atoms with E-state index in [0.29, 0.717) is 30.7 Å². The van der Waals surface area contributed by atoms with Crippen molar-refractivity contribution in [1.29, 1.82) is 0 Å². The summed E-state index contributed by atoms with van der Waals surface area (Å²) in [5.41, 5.74) is 6.46. The first-order valence-electron chi connectivity index (χ1n) is 10.2. The number of nitrogens with zero attached hydrogens (tertiary/aromatic N) is 3. The van der Waals surface area contributed by atoms with Crippen LogP contribution in [0.5, 0.6) is 5.88 Å². The highest BCUT2D eigenvalue weighted by Crippen LogP contribution is 2.20. The molecule has 0 radical (unpaired) electrons. The van der Waals surface area contributed by atoms with Gasteiger partial charge in [-0.15, -0.1) is 0 Å². The number of nitrogens with two attached hydrogens (primary N) is 1. The van der Waals surface area contributed by atoms with Crippen LogP contribution in [0.2, 0.25) is 0 Å². The van der Waals surface area contributed by atoms with Crippen LogP contribution in [0.25, 0.3) is 0 Å². The molecule has 156 valence electrons. The van der Waals surface area contributed by atoms with Crippen LogP contribution in [0.3, 0.4) is 0 Å². The first-order valence-corrected chi connectivity index (χ1v) is 10.2. The third kappa shape index (κ3) is 7.37. The predicted molar refractivity (Wildman–Crippen MR) is 112 cm³/mol. The summed E-state index contributed by atoms with van der Waals surface area (Å²) < 4.78 is 5.94. The average Bonchev–Trinajstić information content (AvgIpc) is 2.61. The molecular formula is C21H35N5O2. The van der Waals surface area contributed by atoms with Crippen LogP contribution in [0.1, 0.15) is 52.0 Å². The minimum atomic E-state index is -0.231. The van der Waals surface area contributed by atoms with E-state index in [0.717, 1.165) is 43.9 Å². The molecule has 7 nitrogen and oxygen atoms in total. The molecular weight excluding hydrogens is 354 g/mol. The second-order valence-electron chi connectivity index (χ2n) is 8.09. The maximum absolute atomic E-state index is 11.2. The van der Waals surface area contributed by atoms with Gasteiger partial charge in [0.15, 0.2) is 5.96 Å². The summed E-state index contributed by atoms with van der Waals surface area (Å²) in [5, 5.41) is 3.42. The van der Waals surface area contributed by atoms with Gasteiger partial charge in [0.2, 0.25) is 11.8 Å². The first kappa shape index (κ1) is 22.0. The van der Waals surface area contributed by atoms with Gasteiger partial charge in [-0.2, -0.15) is 0 Å². The van der Waals surface area contributed by atoms with Crippen molar-refractivity contribution in [2.75, 3.05) is 20.1 Å². The number of aromatic nitrogens is 1. The fraction of sp³-hybridized carbons (Fsp3) is 0.667. The van der Waals surface area contributed by atoms with Crippen LogP contribution in [0, 0.1) is 11.8 Å². The zero-order valence-electron chi connectivity index (χ0n) is 17.6. The number of guanidine groups is 1. The predicted octanol–water partition coefficient (Wildman–Crippen LogP) is 2.56. The number of aliphatic imine (C=N–C) groups is 1. The van der Waals surface area contributed by atoms with Gasteiger partial charge in [0.1, 0.15) is 0 Å². The van der Waals surface area contributed by atoms with Crippen molar-refractivity contribution in [3.05, 3.63) is 23.9 Å². The van der Waals surface area contributed by atoms with Gasteiger partial charge in [-0.3, -0.25) is 9.79 Å². The molecule has 28 heavy (non-hydrogen) atoms. The molecule has 1 saturated heterocycles. The zero-order chi connectivity index (χ0) is 20.5. The molecule has 1 aliphatic heterocycles. The number of amides is 1. The van der Waals surface area contributed by atoms with Crippen molar-refractivity contribution < 1.29 is 9.53 Å². The van der Waals surface area contributed by atoms with Gasteiger partial charge in [0.05, 0.1) is 6.10 Å². The molecule has 1 fully saturated rings. The highest BCUT2D eigenvalue weighted by Gasteiger charge is 2.23. The van der Waals surface area contributed by atoms with E-state index in [1.54, 1.807) is 13.2 Å². The van der Waals surface area contributed by atoms with Crippen LogP contribution in [-0.2, 0) is 11.3 Å². The Balaban J connectivity index is 1.91. The molecule has 0 aliphatic carbocycles. The van der Waals surface area contributed by atoms with Crippen molar-refractivity contribution in [2.45, 2.75) is 59.1 Å². The van der Waals surface area contributed by atoms with Crippen molar-refractivity contribution in [2.24, 2.45) is 22.6 Å². The van der Waals surface area contributed by atoms with Crippen molar-refractivity contribution in [3.8, 4) is 5.88 Å². The van der Waals surface area contributed by atoms with E-state index < -0.39 is 0 Å². The second kappa shape index (κ2) is 10.9. The van der Waals surface area contributed by atoms with Crippen molar-refractivity contribution in [3.63, 3.8) is 0 Å². The molecule has 1 aromatic rings. The maximum atomic E-state index is 11.2. The highest BCUT2D eigenvalue weighted by atomic mass is 16.5. The largest absolute Gasteiger partial charge is 0.475 e. The topological polar surface area (TPSA) is 92.8 Å². The number of likely N-dealkylation sites (tertiary alicyclic amines) is 1. The number of piperidine rings is 1. The van der Waals surface area contributed by atoms with Gasteiger partial charge in [0, 0.05) is 45.4 Å². The Morgan fingerprint density at radius 3 is 2.93 bits per heavy atom. The van der Waals surface area contributed by atoms with Gasteiger partial charge in [-0.05, 0) is 49.7 Å². The van der Waals surface area contributed by atoms with Gasteiger partial charge in [0.25, 0.3) is 0 Å². The van der Waals surface area contributed by atoms with E-state index in [2.05, 4.69) is 41.0 Å². The molecule has 0 spiro atoms. The van der Waals surface area contributed by atoms with E-state index >= 15 is 0 Å². The molecule has 2 rings (SSSR count). The molecule has 1 amide bonds. The number of ether oxygens (including phenoxy) is 1.